The van der Waals surface area contributed by atoms with Gasteiger partial charge in [0.1, 0.15) is 0 Å². The summed E-state index contributed by atoms with van der Waals surface area (Å²) in [6, 6.07) is 5.19. The van der Waals surface area contributed by atoms with Crippen molar-refractivity contribution in [3.8, 4) is 11.5 Å². The van der Waals surface area contributed by atoms with Gasteiger partial charge in [0.05, 0.1) is 4.91 Å². The molecule has 0 saturated carbocycles. The Labute approximate surface area is 91.5 Å². The number of ether oxygens (including phenoxy) is 2. The molecule has 78 valence electrons. The lowest BCUT2D eigenvalue weighted by atomic mass is 10.2. The molecule has 0 amide bonds. The van der Waals surface area contributed by atoms with Crippen LogP contribution in [0, 0.1) is 0 Å². The summed E-state index contributed by atoms with van der Waals surface area (Å²) >= 11 is 3.83. The normalized spacial score (nSPS) is 14.1. The third-order valence-corrected chi connectivity index (χ3v) is 2.24. The van der Waals surface area contributed by atoms with Crippen LogP contribution < -0.4 is 9.47 Å². The Morgan fingerprint density at radius 3 is 2.87 bits per heavy atom. The van der Waals surface area contributed by atoms with Gasteiger partial charge in [-0.15, -0.1) is 12.6 Å². The maximum Gasteiger partial charge on any atom is 0.341 e. The van der Waals surface area contributed by atoms with Crippen molar-refractivity contribution in [2.45, 2.75) is 0 Å². The molecule has 1 heterocycles. The summed E-state index contributed by atoms with van der Waals surface area (Å²) in [5, 5.41) is 8.64. The number of rotatable bonds is 2. The molecule has 0 aliphatic carbocycles. The first kappa shape index (κ1) is 9.92. The lowest BCUT2D eigenvalue weighted by molar-refractivity contribution is -0.131. The average molecular weight is 224 g/mol. The summed E-state index contributed by atoms with van der Waals surface area (Å²) in [4.78, 5) is 10.5. The number of fused-ring (bicyclic) bond motifs is 1. The standard InChI is InChI=1S/C10H8O4S/c11-10(12)9(15)4-6-1-2-7-8(3-6)14-5-13-7/h1-4,15H,5H2,(H,11,12). The molecule has 0 bridgehead atoms. The van der Waals surface area contributed by atoms with Crippen molar-refractivity contribution in [1.29, 1.82) is 0 Å². The molecular formula is C10H8O4S. The van der Waals surface area contributed by atoms with E-state index in [-0.39, 0.29) is 11.7 Å². The van der Waals surface area contributed by atoms with Crippen LogP contribution in [0.5, 0.6) is 11.5 Å². The summed E-state index contributed by atoms with van der Waals surface area (Å²) in [5.41, 5.74) is 0.714. The number of carboxylic acid groups (broad SMARTS) is 1. The zero-order chi connectivity index (χ0) is 10.8. The maximum atomic E-state index is 10.5. The highest BCUT2D eigenvalue weighted by Gasteiger charge is 2.12. The largest absolute Gasteiger partial charge is 0.477 e. The van der Waals surface area contributed by atoms with Crippen LogP contribution >= 0.6 is 12.6 Å². The molecule has 5 heteroatoms. The second kappa shape index (κ2) is 3.86. The van der Waals surface area contributed by atoms with E-state index in [1.807, 2.05) is 0 Å². The number of aliphatic carboxylic acids is 1. The second-order valence-corrected chi connectivity index (χ2v) is 3.43. The van der Waals surface area contributed by atoms with Crippen molar-refractivity contribution in [2.24, 2.45) is 0 Å². The number of thiol groups is 1. The van der Waals surface area contributed by atoms with Crippen LogP contribution in [0.2, 0.25) is 0 Å². The quantitative estimate of drug-likeness (QED) is 0.593. The fourth-order valence-electron chi connectivity index (χ4n) is 1.22. The van der Waals surface area contributed by atoms with E-state index < -0.39 is 5.97 Å². The molecule has 1 aliphatic heterocycles. The molecule has 2 rings (SSSR count). The number of hydrogen-bond donors (Lipinski definition) is 2. The Hall–Kier alpha value is -1.62. The Bertz CT molecular complexity index is 439. The lowest BCUT2D eigenvalue weighted by Crippen LogP contribution is -1.93. The predicted molar refractivity (Wildman–Crippen MR) is 57.2 cm³/mol. The van der Waals surface area contributed by atoms with Gasteiger partial charge >= 0.3 is 5.97 Å². The lowest BCUT2D eigenvalue weighted by Gasteiger charge is -1.98. The van der Waals surface area contributed by atoms with Gasteiger partial charge < -0.3 is 14.6 Å². The van der Waals surface area contributed by atoms with E-state index in [0.29, 0.717) is 17.1 Å². The van der Waals surface area contributed by atoms with Crippen molar-refractivity contribution in [3.05, 3.63) is 28.7 Å². The van der Waals surface area contributed by atoms with Crippen molar-refractivity contribution < 1.29 is 19.4 Å². The Balaban J connectivity index is 2.31. The van der Waals surface area contributed by atoms with Gasteiger partial charge in [0.2, 0.25) is 6.79 Å². The number of hydrogen-bond acceptors (Lipinski definition) is 4. The molecule has 1 N–H and O–H groups in total. The fraction of sp³-hybridized carbons (Fsp3) is 0.100. The van der Waals surface area contributed by atoms with Crippen LogP contribution in [0.15, 0.2) is 23.1 Å². The molecule has 0 saturated heterocycles. The van der Waals surface area contributed by atoms with Gasteiger partial charge in [0, 0.05) is 0 Å². The second-order valence-electron chi connectivity index (χ2n) is 2.95. The predicted octanol–water partition coefficient (Wildman–Crippen LogP) is 1.77. The van der Waals surface area contributed by atoms with Crippen molar-refractivity contribution in [1.82, 2.24) is 0 Å². The van der Waals surface area contributed by atoms with Crippen LogP contribution in [-0.4, -0.2) is 17.9 Å². The monoisotopic (exact) mass is 224 g/mol. The minimum atomic E-state index is -1.06. The summed E-state index contributed by atoms with van der Waals surface area (Å²) in [6.07, 6.45) is 1.45. The molecule has 15 heavy (non-hydrogen) atoms. The van der Waals surface area contributed by atoms with E-state index in [2.05, 4.69) is 12.6 Å². The molecule has 4 nitrogen and oxygen atoms in total. The summed E-state index contributed by atoms with van der Waals surface area (Å²) in [7, 11) is 0. The molecule has 1 aromatic rings. The van der Waals surface area contributed by atoms with Gasteiger partial charge in [-0.05, 0) is 23.8 Å². The minimum absolute atomic E-state index is 0.0196. The molecule has 0 atom stereocenters. The van der Waals surface area contributed by atoms with Gasteiger partial charge in [-0.3, -0.25) is 0 Å². The highest BCUT2D eigenvalue weighted by atomic mass is 32.1. The summed E-state index contributed by atoms with van der Waals surface area (Å²) < 4.78 is 10.3. The third-order valence-electron chi connectivity index (χ3n) is 1.92. The first-order chi connectivity index (χ1) is 7.16. The van der Waals surface area contributed by atoms with Crippen molar-refractivity contribution in [3.63, 3.8) is 0 Å². The van der Waals surface area contributed by atoms with Gasteiger partial charge in [0.25, 0.3) is 0 Å². The number of carboxylic acids is 1. The van der Waals surface area contributed by atoms with Crippen LogP contribution in [0.1, 0.15) is 5.56 Å². The molecule has 0 radical (unpaired) electrons. The van der Waals surface area contributed by atoms with Crippen molar-refractivity contribution >= 4 is 24.7 Å². The van der Waals surface area contributed by atoms with Crippen molar-refractivity contribution in [2.75, 3.05) is 6.79 Å². The van der Waals surface area contributed by atoms with Gasteiger partial charge in [0.15, 0.2) is 11.5 Å². The van der Waals surface area contributed by atoms with Gasteiger partial charge in [-0.25, -0.2) is 4.79 Å². The number of benzene rings is 1. The Morgan fingerprint density at radius 1 is 1.40 bits per heavy atom. The number of carbonyl (C=O) groups is 1. The van der Waals surface area contributed by atoms with Crippen LogP contribution in [0.4, 0.5) is 0 Å². The first-order valence-electron chi connectivity index (χ1n) is 4.20. The highest BCUT2D eigenvalue weighted by Crippen LogP contribution is 2.33. The molecule has 0 fully saturated rings. The highest BCUT2D eigenvalue weighted by molar-refractivity contribution is 7.85. The van der Waals surface area contributed by atoms with E-state index in [4.69, 9.17) is 14.6 Å². The molecule has 0 spiro atoms. The van der Waals surface area contributed by atoms with Crippen LogP contribution in [0.25, 0.3) is 6.08 Å². The zero-order valence-electron chi connectivity index (χ0n) is 7.64. The molecular weight excluding hydrogens is 216 g/mol. The van der Waals surface area contributed by atoms with Gasteiger partial charge in [-0.2, -0.15) is 0 Å². The molecule has 1 aliphatic rings. The summed E-state index contributed by atoms with van der Waals surface area (Å²) in [5.74, 6) is 0.231. The Kier molecular flexibility index (Phi) is 2.55. The van der Waals surface area contributed by atoms with Crippen LogP contribution in [0.3, 0.4) is 0 Å². The topological polar surface area (TPSA) is 55.8 Å². The van der Waals surface area contributed by atoms with Gasteiger partial charge in [-0.1, -0.05) is 6.07 Å². The maximum absolute atomic E-state index is 10.5. The SMILES string of the molecule is O=C(O)C(S)=Cc1ccc2c(c1)OCO2. The molecule has 0 aromatic heterocycles. The van der Waals surface area contributed by atoms with E-state index in [1.165, 1.54) is 6.08 Å². The van der Waals surface area contributed by atoms with E-state index in [9.17, 15) is 4.79 Å². The Morgan fingerprint density at radius 2 is 2.13 bits per heavy atom. The summed E-state index contributed by atoms with van der Waals surface area (Å²) in [6.45, 7) is 0.204. The zero-order valence-corrected chi connectivity index (χ0v) is 8.53. The third kappa shape index (κ3) is 2.07. The smallest absolute Gasteiger partial charge is 0.341 e. The minimum Gasteiger partial charge on any atom is -0.477 e. The van der Waals surface area contributed by atoms with E-state index in [1.54, 1.807) is 18.2 Å². The first-order valence-corrected chi connectivity index (χ1v) is 4.65. The van der Waals surface area contributed by atoms with Crippen LogP contribution in [-0.2, 0) is 4.79 Å². The van der Waals surface area contributed by atoms with E-state index in [0.717, 1.165) is 0 Å². The van der Waals surface area contributed by atoms with E-state index >= 15 is 0 Å². The average Bonchev–Trinajstić information content (AvgIpc) is 2.64. The fourth-order valence-corrected chi connectivity index (χ4v) is 1.37. The molecule has 0 unspecified atom stereocenters. The molecule has 1 aromatic carbocycles.